The van der Waals surface area contributed by atoms with Crippen molar-refractivity contribution < 1.29 is 9.53 Å². The predicted octanol–water partition coefficient (Wildman–Crippen LogP) is 0.618. The number of rotatable bonds is 5. The molecule has 0 bridgehead atoms. The molecule has 0 saturated carbocycles. The molecule has 3 rings (SSSR count). The van der Waals surface area contributed by atoms with Crippen LogP contribution in [-0.2, 0) is 9.53 Å². The lowest BCUT2D eigenvalue weighted by Crippen LogP contribution is -2.44. The van der Waals surface area contributed by atoms with Crippen molar-refractivity contribution in [1.29, 1.82) is 5.26 Å². The van der Waals surface area contributed by atoms with E-state index in [1.807, 2.05) is 6.07 Å². The number of hydrogen-bond acceptors (Lipinski definition) is 6. The number of anilines is 1. The van der Waals surface area contributed by atoms with E-state index in [1.165, 1.54) is 0 Å². The van der Waals surface area contributed by atoms with Gasteiger partial charge in [0.2, 0.25) is 5.91 Å². The number of carbonyl (C=O) groups excluding carboxylic acids is 1. The Morgan fingerprint density at radius 3 is 2.68 bits per heavy atom. The lowest BCUT2D eigenvalue weighted by Gasteiger charge is -2.32. The van der Waals surface area contributed by atoms with E-state index in [9.17, 15) is 4.79 Å². The zero-order valence-corrected chi connectivity index (χ0v) is 14.5. The van der Waals surface area contributed by atoms with Crippen LogP contribution < -0.4 is 10.2 Å². The molecule has 0 atom stereocenters. The normalized spacial score (nSPS) is 19.4. The van der Waals surface area contributed by atoms with Crippen LogP contribution in [0.4, 0.5) is 5.82 Å². The van der Waals surface area contributed by atoms with Crippen LogP contribution >= 0.6 is 0 Å². The van der Waals surface area contributed by atoms with Crippen molar-refractivity contribution in [2.75, 3.05) is 57.4 Å². The van der Waals surface area contributed by atoms with Gasteiger partial charge in [0.1, 0.15) is 11.9 Å². The topological polar surface area (TPSA) is 81.5 Å². The number of ether oxygens (including phenoxy) is 1. The van der Waals surface area contributed by atoms with Gasteiger partial charge in [-0.25, -0.2) is 4.98 Å². The van der Waals surface area contributed by atoms with Gasteiger partial charge in [0.25, 0.3) is 0 Å². The van der Waals surface area contributed by atoms with Gasteiger partial charge in [-0.2, -0.15) is 5.26 Å². The number of morpholine rings is 1. The molecule has 0 radical (unpaired) electrons. The molecular weight excluding hydrogens is 318 g/mol. The minimum atomic E-state index is 0.0827. The van der Waals surface area contributed by atoms with Crippen molar-refractivity contribution in [3.8, 4) is 6.07 Å². The van der Waals surface area contributed by atoms with Crippen LogP contribution in [0.15, 0.2) is 18.3 Å². The fraction of sp³-hybridized carbons (Fsp3) is 0.611. The molecule has 1 aromatic rings. The highest BCUT2D eigenvalue weighted by Gasteiger charge is 2.25. The Kier molecular flexibility index (Phi) is 6.20. The number of amides is 1. The first kappa shape index (κ1) is 17.6. The maximum Gasteiger partial charge on any atom is 0.223 e. The second-order valence-corrected chi connectivity index (χ2v) is 6.52. The summed E-state index contributed by atoms with van der Waals surface area (Å²) in [6.07, 6.45) is 3.27. The van der Waals surface area contributed by atoms with Gasteiger partial charge >= 0.3 is 0 Å². The number of carbonyl (C=O) groups is 1. The van der Waals surface area contributed by atoms with Gasteiger partial charge in [-0.05, 0) is 25.0 Å². The molecule has 7 nitrogen and oxygen atoms in total. The van der Waals surface area contributed by atoms with E-state index in [4.69, 9.17) is 10.00 Å². The Morgan fingerprint density at radius 1 is 1.28 bits per heavy atom. The zero-order valence-electron chi connectivity index (χ0n) is 14.5. The largest absolute Gasteiger partial charge is 0.379 e. The fourth-order valence-corrected chi connectivity index (χ4v) is 3.32. The Morgan fingerprint density at radius 2 is 2.04 bits per heavy atom. The molecule has 0 unspecified atom stereocenters. The van der Waals surface area contributed by atoms with Crippen molar-refractivity contribution in [3.63, 3.8) is 0 Å². The first-order valence-electron chi connectivity index (χ1n) is 8.95. The third-order valence-electron chi connectivity index (χ3n) is 4.90. The molecule has 2 aliphatic heterocycles. The summed E-state index contributed by atoms with van der Waals surface area (Å²) in [5.74, 6) is 1.13. The van der Waals surface area contributed by atoms with E-state index in [0.29, 0.717) is 12.1 Å². The van der Waals surface area contributed by atoms with Crippen molar-refractivity contribution in [1.82, 2.24) is 15.2 Å². The summed E-state index contributed by atoms with van der Waals surface area (Å²) in [6.45, 7) is 6.71. The van der Waals surface area contributed by atoms with Crippen molar-refractivity contribution in [2.45, 2.75) is 12.8 Å². The van der Waals surface area contributed by atoms with Crippen LogP contribution in [0.25, 0.3) is 0 Å². The van der Waals surface area contributed by atoms with Gasteiger partial charge in [-0.3, -0.25) is 9.69 Å². The molecule has 1 amide bonds. The molecule has 134 valence electrons. The smallest absolute Gasteiger partial charge is 0.223 e. The minimum Gasteiger partial charge on any atom is -0.379 e. The first-order valence-corrected chi connectivity index (χ1v) is 8.95. The van der Waals surface area contributed by atoms with Crippen molar-refractivity contribution in [3.05, 3.63) is 23.9 Å². The van der Waals surface area contributed by atoms with E-state index >= 15 is 0 Å². The van der Waals surface area contributed by atoms with Crippen LogP contribution in [0.2, 0.25) is 0 Å². The van der Waals surface area contributed by atoms with Gasteiger partial charge in [-0.15, -0.1) is 0 Å². The van der Waals surface area contributed by atoms with Crippen LogP contribution in [0.5, 0.6) is 0 Å². The fourth-order valence-electron chi connectivity index (χ4n) is 3.32. The average molecular weight is 343 g/mol. The summed E-state index contributed by atoms with van der Waals surface area (Å²) in [7, 11) is 0. The highest BCUT2D eigenvalue weighted by Crippen LogP contribution is 2.22. The number of piperidine rings is 1. The Bertz CT molecular complexity index is 599. The number of nitrogens with zero attached hydrogens (tertiary/aromatic N) is 4. The van der Waals surface area contributed by atoms with Gasteiger partial charge in [0, 0.05) is 51.4 Å². The average Bonchev–Trinajstić information content (AvgIpc) is 2.69. The monoisotopic (exact) mass is 343 g/mol. The summed E-state index contributed by atoms with van der Waals surface area (Å²) in [5.41, 5.74) is 0.568. The summed E-state index contributed by atoms with van der Waals surface area (Å²) >= 11 is 0. The Balaban J connectivity index is 1.39. The maximum atomic E-state index is 12.3. The van der Waals surface area contributed by atoms with E-state index < -0.39 is 0 Å². The quantitative estimate of drug-likeness (QED) is 0.844. The second kappa shape index (κ2) is 8.79. The van der Waals surface area contributed by atoms with Crippen molar-refractivity contribution in [2.24, 2.45) is 5.92 Å². The molecule has 0 spiro atoms. The number of nitriles is 1. The summed E-state index contributed by atoms with van der Waals surface area (Å²) in [4.78, 5) is 21.2. The highest BCUT2D eigenvalue weighted by molar-refractivity contribution is 5.78. The number of aromatic nitrogens is 1. The first-order chi connectivity index (χ1) is 12.3. The molecule has 7 heteroatoms. The van der Waals surface area contributed by atoms with Crippen molar-refractivity contribution >= 4 is 11.7 Å². The molecule has 0 aliphatic carbocycles. The van der Waals surface area contributed by atoms with Gasteiger partial charge < -0.3 is 15.0 Å². The van der Waals surface area contributed by atoms with Gasteiger partial charge in [-0.1, -0.05) is 0 Å². The van der Waals surface area contributed by atoms with Crippen LogP contribution in [-0.4, -0.2) is 68.3 Å². The highest BCUT2D eigenvalue weighted by atomic mass is 16.5. The molecule has 2 saturated heterocycles. The number of hydrogen-bond donors (Lipinski definition) is 1. The SMILES string of the molecule is N#Cc1ccc(N2CCC(C(=O)NCCN3CCOCC3)CC2)nc1. The third kappa shape index (κ3) is 4.91. The molecule has 2 aliphatic rings. The molecule has 1 N–H and O–H groups in total. The Labute approximate surface area is 148 Å². The van der Waals surface area contributed by atoms with E-state index in [-0.39, 0.29) is 11.8 Å². The third-order valence-corrected chi connectivity index (χ3v) is 4.90. The Hall–Kier alpha value is -2.17. The van der Waals surface area contributed by atoms with Crippen LogP contribution in [0.3, 0.4) is 0 Å². The molecule has 25 heavy (non-hydrogen) atoms. The van der Waals surface area contributed by atoms with E-state index in [1.54, 1.807) is 12.3 Å². The van der Waals surface area contributed by atoms with Crippen LogP contribution in [0.1, 0.15) is 18.4 Å². The lowest BCUT2D eigenvalue weighted by atomic mass is 9.96. The van der Waals surface area contributed by atoms with E-state index in [0.717, 1.165) is 64.6 Å². The number of nitrogens with one attached hydrogen (secondary N) is 1. The molecule has 2 fully saturated rings. The number of pyridine rings is 1. The summed E-state index contributed by atoms with van der Waals surface area (Å²) in [6, 6.07) is 5.74. The molecular formula is C18H25N5O2. The lowest BCUT2D eigenvalue weighted by molar-refractivity contribution is -0.125. The minimum absolute atomic E-state index is 0.0827. The summed E-state index contributed by atoms with van der Waals surface area (Å²) < 4.78 is 5.33. The summed E-state index contributed by atoms with van der Waals surface area (Å²) in [5, 5.41) is 11.9. The second-order valence-electron chi connectivity index (χ2n) is 6.52. The van der Waals surface area contributed by atoms with Gasteiger partial charge in [0.05, 0.1) is 18.8 Å². The standard InChI is InChI=1S/C18H25N5O2/c19-13-15-1-2-17(21-14-15)23-6-3-16(4-7-23)18(24)20-5-8-22-9-11-25-12-10-22/h1-2,14,16H,3-12H2,(H,20,24). The molecule has 1 aromatic heterocycles. The molecule has 3 heterocycles. The molecule has 0 aromatic carbocycles. The zero-order chi connectivity index (χ0) is 17.5. The van der Waals surface area contributed by atoms with E-state index in [2.05, 4.69) is 26.2 Å². The van der Waals surface area contributed by atoms with Crippen LogP contribution in [0, 0.1) is 17.2 Å². The predicted molar refractivity (Wildman–Crippen MR) is 94.2 cm³/mol. The van der Waals surface area contributed by atoms with Gasteiger partial charge in [0.15, 0.2) is 0 Å². The maximum absolute atomic E-state index is 12.3.